The molecule has 0 aliphatic rings. The Balaban J connectivity index is 2.36. The minimum absolute atomic E-state index is 0.482. The molecule has 0 aromatic carbocycles. The van der Waals surface area contributed by atoms with Crippen LogP contribution in [0, 0.1) is 0 Å². The molecule has 0 aliphatic heterocycles. The Morgan fingerprint density at radius 2 is 2.14 bits per heavy atom. The molecule has 14 heavy (non-hydrogen) atoms. The monoisotopic (exact) mass is 227 g/mol. The molecule has 0 unspecified atom stereocenters. The van der Waals surface area contributed by atoms with E-state index >= 15 is 0 Å². The van der Waals surface area contributed by atoms with Gasteiger partial charge in [0.2, 0.25) is 5.13 Å². The van der Waals surface area contributed by atoms with E-state index in [9.17, 15) is 0 Å². The molecule has 0 spiro atoms. The van der Waals surface area contributed by atoms with Crippen molar-refractivity contribution < 1.29 is 0 Å². The Kier molecular flexibility index (Phi) is 2.69. The fourth-order valence-electron chi connectivity index (χ4n) is 1.10. The van der Waals surface area contributed by atoms with Crippen LogP contribution in [0.4, 0.5) is 5.13 Å². The second kappa shape index (κ2) is 3.97. The van der Waals surface area contributed by atoms with Crippen LogP contribution >= 0.6 is 22.9 Å². The third kappa shape index (κ3) is 1.73. The van der Waals surface area contributed by atoms with Crippen molar-refractivity contribution in [3.63, 3.8) is 0 Å². The van der Waals surface area contributed by atoms with Crippen LogP contribution in [0.1, 0.15) is 19.0 Å². The van der Waals surface area contributed by atoms with Crippen molar-refractivity contribution in [1.29, 1.82) is 0 Å². The van der Waals surface area contributed by atoms with Crippen molar-refractivity contribution in [3.8, 4) is 9.88 Å². The second-order valence-corrected chi connectivity index (χ2v) is 4.51. The summed E-state index contributed by atoms with van der Waals surface area (Å²) in [5, 5.41) is 13.1. The van der Waals surface area contributed by atoms with E-state index in [0.29, 0.717) is 5.13 Å². The third-order valence-corrected chi connectivity index (χ3v) is 3.35. The van der Waals surface area contributed by atoms with Crippen LogP contribution in [0.25, 0.3) is 9.88 Å². The molecule has 5 nitrogen and oxygen atoms in total. The van der Waals surface area contributed by atoms with E-state index < -0.39 is 0 Å². The highest BCUT2D eigenvalue weighted by molar-refractivity contribution is 7.21. The van der Waals surface area contributed by atoms with Gasteiger partial charge in [-0.3, -0.25) is 0 Å². The van der Waals surface area contributed by atoms with E-state index in [-0.39, 0.29) is 0 Å². The summed E-state index contributed by atoms with van der Waals surface area (Å²) in [7, 11) is 0. The highest BCUT2D eigenvalue weighted by Gasteiger charge is 2.13. The van der Waals surface area contributed by atoms with Gasteiger partial charge in [-0.15, -0.1) is 15.3 Å². The number of hydrogen-bond donors (Lipinski definition) is 1. The van der Waals surface area contributed by atoms with Crippen molar-refractivity contribution in [1.82, 2.24) is 19.8 Å². The number of aromatic nitrogens is 4. The number of hydrogen-bond acceptors (Lipinski definition) is 7. The minimum Gasteiger partial charge on any atom is -0.374 e. The Labute approximate surface area is 89.2 Å². The Morgan fingerprint density at radius 1 is 1.29 bits per heavy atom. The Hall–Kier alpha value is -1.08. The van der Waals surface area contributed by atoms with Crippen molar-refractivity contribution in [2.45, 2.75) is 19.8 Å². The summed E-state index contributed by atoms with van der Waals surface area (Å²) in [4.78, 5) is 1.00. The lowest BCUT2D eigenvalue weighted by molar-refractivity contribution is 0.871. The van der Waals surface area contributed by atoms with Gasteiger partial charge in [0.1, 0.15) is 4.88 Å². The molecule has 2 N–H and O–H groups in total. The molecule has 7 heteroatoms. The lowest BCUT2D eigenvalue weighted by Gasteiger charge is -1.92. The average Bonchev–Trinajstić information content (AvgIpc) is 2.74. The molecule has 2 rings (SSSR count). The van der Waals surface area contributed by atoms with Crippen LogP contribution < -0.4 is 5.73 Å². The number of rotatable bonds is 3. The normalized spacial score (nSPS) is 10.6. The summed E-state index contributed by atoms with van der Waals surface area (Å²) in [5.74, 6) is 0. The van der Waals surface area contributed by atoms with Crippen molar-refractivity contribution in [2.75, 3.05) is 5.73 Å². The summed E-state index contributed by atoms with van der Waals surface area (Å²) in [6.45, 7) is 2.11. The first-order chi connectivity index (χ1) is 6.81. The van der Waals surface area contributed by atoms with Crippen LogP contribution in [0.3, 0.4) is 0 Å². The van der Waals surface area contributed by atoms with Gasteiger partial charge >= 0.3 is 0 Å². The van der Waals surface area contributed by atoms with E-state index in [1.54, 1.807) is 0 Å². The van der Waals surface area contributed by atoms with Gasteiger partial charge in [0, 0.05) is 0 Å². The standard InChI is InChI=1S/C7H9N5S2/c1-2-3-4-5(14-12-9-4)6-10-11-7(8)13-6/h2-3H2,1H3,(H2,8,11). The first kappa shape index (κ1) is 9.47. The van der Waals surface area contributed by atoms with Crippen molar-refractivity contribution >= 4 is 28.0 Å². The zero-order valence-corrected chi connectivity index (χ0v) is 9.23. The smallest absolute Gasteiger partial charge is 0.203 e. The first-order valence-corrected chi connectivity index (χ1v) is 5.80. The zero-order chi connectivity index (χ0) is 9.97. The SMILES string of the molecule is CCCc1nnsc1-c1nnc(N)s1. The van der Waals surface area contributed by atoms with E-state index in [4.69, 9.17) is 5.73 Å². The molecule has 2 aromatic rings. The maximum absolute atomic E-state index is 5.52. The molecule has 0 saturated carbocycles. The second-order valence-electron chi connectivity index (χ2n) is 2.74. The van der Waals surface area contributed by atoms with E-state index in [1.807, 2.05) is 0 Å². The van der Waals surface area contributed by atoms with Crippen molar-refractivity contribution in [3.05, 3.63) is 5.69 Å². The molecular weight excluding hydrogens is 218 g/mol. The topological polar surface area (TPSA) is 77.6 Å². The fraction of sp³-hybridized carbons (Fsp3) is 0.429. The molecule has 74 valence electrons. The van der Waals surface area contributed by atoms with E-state index in [1.165, 1.54) is 22.9 Å². The molecule has 0 radical (unpaired) electrons. The van der Waals surface area contributed by atoms with Gasteiger partial charge in [0.15, 0.2) is 5.01 Å². The summed E-state index contributed by atoms with van der Waals surface area (Å²) < 4.78 is 3.92. The summed E-state index contributed by atoms with van der Waals surface area (Å²) in [5.41, 5.74) is 6.51. The van der Waals surface area contributed by atoms with Crippen LogP contribution in [-0.2, 0) is 6.42 Å². The average molecular weight is 227 g/mol. The fourth-order valence-corrected chi connectivity index (χ4v) is 2.49. The Bertz CT molecular complexity index is 421. The van der Waals surface area contributed by atoms with Crippen molar-refractivity contribution in [2.24, 2.45) is 0 Å². The maximum Gasteiger partial charge on any atom is 0.203 e. The minimum atomic E-state index is 0.482. The largest absolute Gasteiger partial charge is 0.374 e. The van der Waals surface area contributed by atoms with Gasteiger partial charge in [-0.05, 0) is 18.0 Å². The zero-order valence-electron chi connectivity index (χ0n) is 7.60. The molecule has 2 heterocycles. The molecular formula is C7H9N5S2. The summed E-state index contributed by atoms with van der Waals surface area (Å²) >= 11 is 2.72. The molecule has 2 aromatic heterocycles. The Morgan fingerprint density at radius 3 is 2.79 bits per heavy atom. The molecule has 0 aliphatic carbocycles. The summed E-state index contributed by atoms with van der Waals surface area (Å²) in [6.07, 6.45) is 1.97. The lowest BCUT2D eigenvalue weighted by Crippen LogP contribution is -1.86. The van der Waals surface area contributed by atoms with Gasteiger partial charge in [-0.25, -0.2) is 0 Å². The van der Waals surface area contributed by atoms with Gasteiger partial charge in [-0.2, -0.15) is 0 Å². The highest BCUT2D eigenvalue weighted by atomic mass is 32.1. The highest BCUT2D eigenvalue weighted by Crippen LogP contribution is 2.30. The molecule has 0 bridgehead atoms. The predicted octanol–water partition coefficient (Wildman–Crippen LogP) is 1.59. The number of nitrogens with two attached hydrogens (primary N) is 1. The van der Waals surface area contributed by atoms with Crippen LogP contribution in [-0.4, -0.2) is 19.8 Å². The molecule has 0 atom stereocenters. The first-order valence-electron chi connectivity index (χ1n) is 4.22. The molecule has 0 fully saturated rings. The number of nitrogen functional groups attached to an aromatic ring is 1. The number of nitrogens with zero attached hydrogens (tertiary/aromatic N) is 4. The van der Waals surface area contributed by atoms with Gasteiger partial charge in [0.25, 0.3) is 0 Å². The lowest BCUT2D eigenvalue weighted by atomic mass is 10.2. The molecule has 0 amide bonds. The van der Waals surface area contributed by atoms with Crippen LogP contribution in [0.2, 0.25) is 0 Å². The van der Waals surface area contributed by atoms with Gasteiger partial charge in [0.05, 0.1) is 5.69 Å². The maximum atomic E-state index is 5.52. The molecule has 0 saturated heterocycles. The van der Waals surface area contributed by atoms with E-state index in [0.717, 1.165) is 28.4 Å². The van der Waals surface area contributed by atoms with Gasteiger partial charge < -0.3 is 5.73 Å². The van der Waals surface area contributed by atoms with Crippen LogP contribution in [0.5, 0.6) is 0 Å². The van der Waals surface area contributed by atoms with Crippen LogP contribution in [0.15, 0.2) is 0 Å². The third-order valence-electron chi connectivity index (χ3n) is 1.68. The van der Waals surface area contributed by atoms with Gasteiger partial charge in [-0.1, -0.05) is 29.2 Å². The summed E-state index contributed by atoms with van der Waals surface area (Å²) in [6, 6.07) is 0. The van der Waals surface area contributed by atoms with E-state index in [2.05, 4.69) is 26.7 Å². The predicted molar refractivity (Wildman–Crippen MR) is 57.2 cm³/mol. The quantitative estimate of drug-likeness (QED) is 0.861. The number of anilines is 1. The number of aryl methyl sites for hydroxylation is 1.